The molecule has 1 saturated heterocycles. The fourth-order valence-electron chi connectivity index (χ4n) is 1.90. The summed E-state index contributed by atoms with van der Waals surface area (Å²) in [5.41, 5.74) is -1.35. The molecule has 0 unspecified atom stereocenters. The van der Waals surface area contributed by atoms with Crippen LogP contribution in [0.15, 0.2) is 15.8 Å². The van der Waals surface area contributed by atoms with Crippen molar-refractivity contribution in [2.45, 2.75) is 24.9 Å². The molecule has 8 heteroatoms. The van der Waals surface area contributed by atoms with Crippen LogP contribution in [0.2, 0.25) is 0 Å². The maximum Gasteiger partial charge on any atom is 0.330 e. The Kier molecular flexibility index (Phi) is 3.50. The van der Waals surface area contributed by atoms with Gasteiger partial charge in [-0.1, -0.05) is 0 Å². The van der Waals surface area contributed by atoms with Gasteiger partial charge in [0.15, 0.2) is 6.23 Å². The number of aromatic nitrogens is 2. The number of aliphatic hydroxyl groups excluding tert-OH is 2. The Morgan fingerprint density at radius 2 is 2.33 bits per heavy atom. The van der Waals surface area contributed by atoms with Gasteiger partial charge in [0.05, 0.1) is 26.0 Å². The molecule has 0 aromatic carbocycles. The van der Waals surface area contributed by atoms with Gasteiger partial charge in [0.1, 0.15) is 6.10 Å². The average molecular weight is 258 g/mol. The van der Waals surface area contributed by atoms with Crippen molar-refractivity contribution < 1.29 is 19.7 Å². The third-order valence-corrected chi connectivity index (χ3v) is 2.80. The molecule has 1 aromatic heterocycles. The van der Waals surface area contributed by atoms with E-state index >= 15 is 0 Å². The Bertz CT molecular complexity index is 536. The number of hydrogen-bond donors (Lipinski definition) is 3. The molecule has 0 radical (unpaired) electrons. The molecule has 0 amide bonds. The summed E-state index contributed by atoms with van der Waals surface area (Å²) in [5, 5.41) is 18.7. The van der Waals surface area contributed by atoms with E-state index in [1.807, 2.05) is 0 Å². The molecule has 18 heavy (non-hydrogen) atoms. The standard InChI is InChI=1S/C10H14N2O6/c1-17-7-3-12(10(16)11-8(7)15)9-6(14)2-5(4-13)18-9/h3,5-6,9,13-14H,2,4H2,1H3,(H,11,15,16)/t5-,6+,9+/m0/s1. The molecule has 3 N–H and O–H groups in total. The molecule has 1 aliphatic rings. The van der Waals surface area contributed by atoms with Crippen molar-refractivity contribution in [2.75, 3.05) is 13.7 Å². The predicted molar refractivity (Wildman–Crippen MR) is 59.5 cm³/mol. The number of aromatic amines is 1. The number of hydrogen-bond acceptors (Lipinski definition) is 6. The molecular weight excluding hydrogens is 244 g/mol. The van der Waals surface area contributed by atoms with E-state index in [1.165, 1.54) is 13.3 Å². The molecule has 1 aromatic rings. The van der Waals surface area contributed by atoms with Crippen LogP contribution < -0.4 is 16.0 Å². The topological polar surface area (TPSA) is 114 Å². The van der Waals surface area contributed by atoms with E-state index in [9.17, 15) is 14.7 Å². The molecule has 0 bridgehead atoms. The monoisotopic (exact) mass is 258 g/mol. The van der Waals surface area contributed by atoms with Crippen LogP contribution in [-0.4, -0.2) is 45.7 Å². The number of ether oxygens (including phenoxy) is 2. The number of H-pyrrole nitrogens is 1. The van der Waals surface area contributed by atoms with Crippen LogP contribution in [0.5, 0.6) is 5.75 Å². The molecule has 1 fully saturated rings. The molecular formula is C10H14N2O6. The highest BCUT2D eigenvalue weighted by molar-refractivity contribution is 5.12. The lowest BCUT2D eigenvalue weighted by Crippen LogP contribution is -2.35. The second-order valence-corrected chi connectivity index (χ2v) is 4.00. The Morgan fingerprint density at radius 1 is 1.61 bits per heavy atom. The fraction of sp³-hybridized carbons (Fsp3) is 0.600. The van der Waals surface area contributed by atoms with Crippen molar-refractivity contribution >= 4 is 0 Å². The zero-order chi connectivity index (χ0) is 13.3. The quantitative estimate of drug-likeness (QED) is 0.588. The first-order valence-electron chi connectivity index (χ1n) is 5.40. The Labute approximate surface area is 101 Å². The second kappa shape index (κ2) is 4.92. The van der Waals surface area contributed by atoms with Gasteiger partial charge >= 0.3 is 5.69 Å². The van der Waals surface area contributed by atoms with E-state index in [2.05, 4.69) is 4.98 Å². The molecule has 1 aliphatic heterocycles. The van der Waals surface area contributed by atoms with Crippen molar-refractivity contribution in [3.63, 3.8) is 0 Å². The first kappa shape index (κ1) is 12.8. The van der Waals surface area contributed by atoms with Crippen LogP contribution in [0.4, 0.5) is 0 Å². The highest BCUT2D eigenvalue weighted by Gasteiger charge is 2.35. The van der Waals surface area contributed by atoms with E-state index in [1.54, 1.807) is 0 Å². The fourth-order valence-corrected chi connectivity index (χ4v) is 1.90. The van der Waals surface area contributed by atoms with Gasteiger partial charge in [0.25, 0.3) is 5.56 Å². The van der Waals surface area contributed by atoms with Gasteiger partial charge in [-0.15, -0.1) is 0 Å². The maximum atomic E-state index is 11.6. The summed E-state index contributed by atoms with van der Waals surface area (Å²) in [7, 11) is 1.29. The number of methoxy groups -OCH3 is 1. The number of nitrogens with one attached hydrogen (secondary N) is 1. The SMILES string of the molecule is COc1cn([C@@H]2O[C@H](CO)C[C@H]2O)c(=O)[nH]c1=O. The zero-order valence-corrected chi connectivity index (χ0v) is 9.70. The van der Waals surface area contributed by atoms with Gasteiger partial charge in [-0.05, 0) is 0 Å². The summed E-state index contributed by atoms with van der Waals surface area (Å²) in [6.07, 6.45) is -1.02. The van der Waals surface area contributed by atoms with Crippen molar-refractivity contribution in [1.29, 1.82) is 0 Å². The summed E-state index contributed by atoms with van der Waals surface area (Å²) in [4.78, 5) is 25.0. The molecule has 2 rings (SSSR count). The first-order chi connectivity index (χ1) is 8.56. The molecule has 0 aliphatic carbocycles. The highest BCUT2D eigenvalue weighted by Crippen LogP contribution is 2.27. The lowest BCUT2D eigenvalue weighted by Gasteiger charge is -2.17. The minimum Gasteiger partial charge on any atom is -0.490 e. The lowest BCUT2D eigenvalue weighted by molar-refractivity contribution is -0.0533. The van der Waals surface area contributed by atoms with Gasteiger partial charge in [-0.2, -0.15) is 0 Å². The van der Waals surface area contributed by atoms with E-state index < -0.39 is 29.7 Å². The summed E-state index contributed by atoms with van der Waals surface area (Å²) in [6, 6.07) is 0. The van der Waals surface area contributed by atoms with E-state index in [0.29, 0.717) is 0 Å². The Balaban J connectivity index is 2.39. The summed E-state index contributed by atoms with van der Waals surface area (Å²) in [5.74, 6) is -0.0575. The minimum absolute atomic E-state index is 0.0575. The van der Waals surface area contributed by atoms with Crippen LogP contribution in [0, 0.1) is 0 Å². The largest absolute Gasteiger partial charge is 0.490 e. The molecule has 2 heterocycles. The minimum atomic E-state index is -0.944. The zero-order valence-electron chi connectivity index (χ0n) is 9.70. The van der Waals surface area contributed by atoms with Crippen molar-refractivity contribution in [3.8, 4) is 5.75 Å². The summed E-state index contributed by atoms with van der Waals surface area (Å²) < 4.78 is 11.2. The van der Waals surface area contributed by atoms with Gasteiger partial charge in [0, 0.05) is 6.42 Å². The molecule has 3 atom stereocenters. The second-order valence-electron chi connectivity index (χ2n) is 4.00. The molecule has 100 valence electrons. The number of aliphatic hydroxyl groups is 2. The van der Waals surface area contributed by atoms with Gasteiger partial charge < -0.3 is 19.7 Å². The number of nitrogens with zero attached hydrogens (tertiary/aromatic N) is 1. The highest BCUT2D eigenvalue weighted by atomic mass is 16.5. The number of rotatable bonds is 3. The van der Waals surface area contributed by atoms with Gasteiger partial charge in [0.2, 0.25) is 5.75 Å². The maximum absolute atomic E-state index is 11.6. The van der Waals surface area contributed by atoms with Crippen molar-refractivity contribution in [1.82, 2.24) is 9.55 Å². The van der Waals surface area contributed by atoms with E-state index in [-0.39, 0.29) is 18.8 Å². The molecule has 0 saturated carbocycles. The first-order valence-corrected chi connectivity index (χ1v) is 5.40. The normalized spacial score (nSPS) is 27.4. The van der Waals surface area contributed by atoms with Crippen LogP contribution in [-0.2, 0) is 4.74 Å². The van der Waals surface area contributed by atoms with Crippen molar-refractivity contribution in [3.05, 3.63) is 27.0 Å². The smallest absolute Gasteiger partial charge is 0.330 e. The summed E-state index contributed by atoms with van der Waals surface area (Å²) in [6.45, 7) is -0.247. The third-order valence-electron chi connectivity index (χ3n) is 2.80. The van der Waals surface area contributed by atoms with Crippen LogP contribution in [0.25, 0.3) is 0 Å². The predicted octanol–water partition coefficient (Wildman–Crippen LogP) is -1.81. The summed E-state index contributed by atoms with van der Waals surface area (Å²) >= 11 is 0. The molecule has 8 nitrogen and oxygen atoms in total. The van der Waals surface area contributed by atoms with Gasteiger partial charge in [-0.3, -0.25) is 14.3 Å². The van der Waals surface area contributed by atoms with Crippen LogP contribution in [0.1, 0.15) is 12.6 Å². The third kappa shape index (κ3) is 2.17. The van der Waals surface area contributed by atoms with Crippen LogP contribution in [0.3, 0.4) is 0 Å². The van der Waals surface area contributed by atoms with E-state index in [0.717, 1.165) is 4.57 Å². The van der Waals surface area contributed by atoms with Gasteiger partial charge in [-0.25, -0.2) is 4.79 Å². The lowest BCUT2D eigenvalue weighted by atomic mass is 10.2. The Hall–Kier alpha value is -1.64. The van der Waals surface area contributed by atoms with E-state index in [4.69, 9.17) is 14.6 Å². The van der Waals surface area contributed by atoms with Crippen LogP contribution >= 0.6 is 0 Å². The Morgan fingerprint density at radius 3 is 2.89 bits per heavy atom. The van der Waals surface area contributed by atoms with Crippen molar-refractivity contribution in [2.24, 2.45) is 0 Å². The average Bonchev–Trinajstić information content (AvgIpc) is 2.71. The molecule has 0 spiro atoms.